The summed E-state index contributed by atoms with van der Waals surface area (Å²) in [5, 5.41) is 1.95. The Balaban J connectivity index is 2.06. The Labute approximate surface area is 148 Å². The van der Waals surface area contributed by atoms with Gasteiger partial charge in [-0.05, 0) is 42.7 Å². The van der Waals surface area contributed by atoms with Crippen molar-refractivity contribution in [2.24, 2.45) is 0 Å². The highest BCUT2D eigenvalue weighted by Gasteiger charge is 2.31. The lowest BCUT2D eigenvalue weighted by Gasteiger charge is -2.19. The summed E-state index contributed by atoms with van der Waals surface area (Å²) < 4.78 is 41.0. The average molecular weight is 367 g/mol. The molecule has 0 saturated carbocycles. The van der Waals surface area contributed by atoms with E-state index in [1.54, 1.807) is 11.3 Å². The number of rotatable bonds is 6. The van der Waals surface area contributed by atoms with Crippen molar-refractivity contribution in [3.8, 4) is 10.7 Å². The molecule has 0 aliphatic rings. The first-order chi connectivity index (χ1) is 11.9. The second-order valence-corrected chi connectivity index (χ2v) is 6.74. The van der Waals surface area contributed by atoms with Gasteiger partial charge in [-0.25, -0.2) is 4.98 Å². The van der Waals surface area contributed by atoms with Gasteiger partial charge in [-0.15, -0.1) is 11.3 Å². The minimum Gasteiger partial charge on any atom is -0.322 e. The molecule has 3 nitrogen and oxygen atoms in total. The van der Waals surface area contributed by atoms with Crippen LogP contribution in [0.15, 0.2) is 35.7 Å². The van der Waals surface area contributed by atoms with E-state index in [4.69, 9.17) is 0 Å². The number of hydrogen-bond acceptors (Lipinski definition) is 3. The van der Waals surface area contributed by atoms with Gasteiger partial charge in [0.2, 0.25) is 0 Å². The first kappa shape index (κ1) is 17.9. The summed E-state index contributed by atoms with van der Waals surface area (Å²) in [6.45, 7) is 7.61. The quantitative estimate of drug-likeness (QED) is 0.603. The molecule has 3 rings (SSSR count). The minimum atomic E-state index is -4.36. The zero-order valence-electron chi connectivity index (χ0n) is 14.2. The van der Waals surface area contributed by atoms with Gasteiger partial charge in [0.25, 0.3) is 0 Å². The van der Waals surface area contributed by atoms with E-state index in [2.05, 4.69) is 23.7 Å². The van der Waals surface area contributed by atoms with Crippen LogP contribution in [0.25, 0.3) is 21.7 Å². The molecule has 2 heterocycles. The highest BCUT2D eigenvalue weighted by atomic mass is 32.1. The summed E-state index contributed by atoms with van der Waals surface area (Å²) in [5.74, 6) is 0.733. The third-order valence-corrected chi connectivity index (χ3v) is 5.22. The molecule has 3 aromatic rings. The van der Waals surface area contributed by atoms with Crippen molar-refractivity contribution in [3.05, 3.63) is 41.3 Å². The summed E-state index contributed by atoms with van der Waals surface area (Å²) in [5.41, 5.74) is 0.465. The molecule has 0 fully saturated rings. The molecule has 0 N–H and O–H groups in total. The molecule has 0 spiro atoms. The van der Waals surface area contributed by atoms with Crippen molar-refractivity contribution in [2.75, 3.05) is 19.6 Å². The molecule has 0 aliphatic carbocycles. The number of hydrogen-bond donors (Lipinski definition) is 0. The van der Waals surface area contributed by atoms with E-state index >= 15 is 0 Å². The fraction of sp³-hybridized carbons (Fsp3) is 0.389. The largest absolute Gasteiger partial charge is 0.416 e. The Hall–Kier alpha value is -1.86. The van der Waals surface area contributed by atoms with Crippen LogP contribution in [-0.2, 0) is 12.7 Å². The maximum Gasteiger partial charge on any atom is 0.416 e. The van der Waals surface area contributed by atoms with Crippen LogP contribution in [0.1, 0.15) is 19.4 Å². The SMILES string of the molecule is CCN(CC)CCn1c(-c2cccs2)nc2cc(C(F)(F)F)ccc21. The van der Waals surface area contributed by atoms with Gasteiger partial charge in [-0.2, -0.15) is 13.2 Å². The maximum absolute atomic E-state index is 13.0. The van der Waals surface area contributed by atoms with Crippen LogP contribution in [-0.4, -0.2) is 34.1 Å². The lowest BCUT2D eigenvalue weighted by Crippen LogP contribution is -2.27. The second kappa shape index (κ2) is 7.17. The molecule has 0 aliphatic heterocycles. The number of likely N-dealkylation sites (N-methyl/N-ethyl adjacent to an activating group) is 1. The van der Waals surface area contributed by atoms with Gasteiger partial charge >= 0.3 is 6.18 Å². The molecule has 134 valence electrons. The first-order valence-electron chi connectivity index (χ1n) is 8.27. The van der Waals surface area contributed by atoms with Gasteiger partial charge in [0.05, 0.1) is 21.5 Å². The molecule has 2 aromatic heterocycles. The molecule has 0 bridgehead atoms. The van der Waals surface area contributed by atoms with E-state index in [9.17, 15) is 13.2 Å². The molecule has 0 unspecified atom stereocenters. The monoisotopic (exact) mass is 367 g/mol. The van der Waals surface area contributed by atoms with E-state index in [1.807, 2.05) is 22.1 Å². The van der Waals surface area contributed by atoms with Crippen molar-refractivity contribution in [1.29, 1.82) is 0 Å². The Bertz CT molecular complexity index is 833. The summed E-state index contributed by atoms with van der Waals surface area (Å²) >= 11 is 1.54. The standard InChI is InChI=1S/C18H20F3N3S/c1-3-23(4-2)9-10-24-15-8-7-13(18(19,20)21)12-14(15)22-17(24)16-6-5-11-25-16/h5-8,11-12H,3-4,9-10H2,1-2H3. The normalized spacial score (nSPS) is 12.4. The maximum atomic E-state index is 13.0. The van der Waals surface area contributed by atoms with Crippen LogP contribution in [0.5, 0.6) is 0 Å². The topological polar surface area (TPSA) is 21.1 Å². The van der Waals surface area contributed by atoms with E-state index in [-0.39, 0.29) is 0 Å². The Morgan fingerprint density at radius 1 is 1.16 bits per heavy atom. The molecular formula is C18H20F3N3S. The molecule has 0 radical (unpaired) electrons. The number of halogens is 3. The lowest BCUT2D eigenvalue weighted by atomic mass is 10.2. The van der Waals surface area contributed by atoms with Gasteiger partial charge in [0.1, 0.15) is 0 Å². The van der Waals surface area contributed by atoms with Crippen LogP contribution in [0, 0.1) is 0 Å². The van der Waals surface area contributed by atoms with Gasteiger partial charge < -0.3 is 9.47 Å². The van der Waals surface area contributed by atoms with Crippen molar-refractivity contribution in [1.82, 2.24) is 14.5 Å². The van der Waals surface area contributed by atoms with Crippen LogP contribution < -0.4 is 0 Å². The van der Waals surface area contributed by atoms with Gasteiger partial charge in [0.15, 0.2) is 5.82 Å². The first-order valence-corrected chi connectivity index (χ1v) is 9.15. The summed E-state index contributed by atoms with van der Waals surface area (Å²) in [7, 11) is 0. The highest BCUT2D eigenvalue weighted by molar-refractivity contribution is 7.13. The third-order valence-electron chi connectivity index (χ3n) is 4.35. The number of fused-ring (bicyclic) bond motifs is 1. The molecule has 0 atom stereocenters. The van der Waals surface area contributed by atoms with Gasteiger partial charge in [0, 0.05) is 13.1 Å². The fourth-order valence-corrected chi connectivity index (χ4v) is 3.63. The highest BCUT2D eigenvalue weighted by Crippen LogP contribution is 2.33. The van der Waals surface area contributed by atoms with E-state index < -0.39 is 11.7 Å². The molecule has 25 heavy (non-hydrogen) atoms. The predicted octanol–water partition coefficient (Wildman–Crippen LogP) is 5.13. The fourth-order valence-electron chi connectivity index (χ4n) is 2.91. The number of imidazole rings is 1. The number of thiophene rings is 1. The Morgan fingerprint density at radius 2 is 1.92 bits per heavy atom. The second-order valence-electron chi connectivity index (χ2n) is 5.79. The smallest absolute Gasteiger partial charge is 0.322 e. The molecule has 0 saturated heterocycles. The molecule has 0 amide bonds. The van der Waals surface area contributed by atoms with E-state index in [0.29, 0.717) is 12.1 Å². The zero-order valence-corrected chi connectivity index (χ0v) is 15.0. The Morgan fingerprint density at radius 3 is 2.52 bits per heavy atom. The molecular weight excluding hydrogens is 347 g/mol. The van der Waals surface area contributed by atoms with Gasteiger partial charge in [-0.1, -0.05) is 19.9 Å². The van der Waals surface area contributed by atoms with Crippen molar-refractivity contribution >= 4 is 22.4 Å². The molecule has 7 heteroatoms. The van der Waals surface area contributed by atoms with Crippen molar-refractivity contribution < 1.29 is 13.2 Å². The number of nitrogens with zero attached hydrogens (tertiary/aromatic N) is 3. The van der Waals surface area contributed by atoms with Crippen LogP contribution in [0.4, 0.5) is 13.2 Å². The molecule has 1 aromatic carbocycles. The summed E-state index contributed by atoms with van der Waals surface area (Å²) in [6, 6.07) is 7.68. The van der Waals surface area contributed by atoms with Crippen LogP contribution in [0.2, 0.25) is 0 Å². The van der Waals surface area contributed by atoms with Gasteiger partial charge in [-0.3, -0.25) is 0 Å². The number of alkyl halides is 3. The number of aromatic nitrogens is 2. The number of benzene rings is 1. The Kier molecular flexibility index (Phi) is 5.15. The van der Waals surface area contributed by atoms with E-state index in [1.165, 1.54) is 6.07 Å². The summed E-state index contributed by atoms with van der Waals surface area (Å²) in [6.07, 6.45) is -4.36. The van der Waals surface area contributed by atoms with Crippen LogP contribution >= 0.6 is 11.3 Å². The van der Waals surface area contributed by atoms with Crippen LogP contribution in [0.3, 0.4) is 0 Å². The zero-order chi connectivity index (χ0) is 18.0. The van der Waals surface area contributed by atoms with E-state index in [0.717, 1.165) is 48.0 Å². The minimum absolute atomic E-state index is 0.387. The lowest BCUT2D eigenvalue weighted by molar-refractivity contribution is -0.137. The predicted molar refractivity (Wildman–Crippen MR) is 95.8 cm³/mol. The van der Waals surface area contributed by atoms with Crippen molar-refractivity contribution in [3.63, 3.8) is 0 Å². The van der Waals surface area contributed by atoms with Crippen molar-refractivity contribution in [2.45, 2.75) is 26.6 Å². The third kappa shape index (κ3) is 3.72. The average Bonchev–Trinajstić information content (AvgIpc) is 3.21. The summed E-state index contributed by atoms with van der Waals surface area (Å²) in [4.78, 5) is 7.76.